The lowest BCUT2D eigenvalue weighted by Crippen LogP contribution is -2.34. The zero-order chi connectivity index (χ0) is 17.9. The van der Waals surface area contributed by atoms with E-state index in [2.05, 4.69) is 16.2 Å². The summed E-state index contributed by atoms with van der Waals surface area (Å²) in [5.41, 5.74) is 8.28. The van der Waals surface area contributed by atoms with E-state index in [1.807, 2.05) is 42.5 Å². The van der Waals surface area contributed by atoms with E-state index in [1.165, 1.54) is 0 Å². The number of fused-ring (bicyclic) bond motifs is 1. The fourth-order valence-electron chi connectivity index (χ4n) is 3.23. The highest BCUT2D eigenvalue weighted by molar-refractivity contribution is 6.30. The second kappa shape index (κ2) is 7.53. The molecule has 0 aromatic heterocycles. The molecule has 3 N–H and O–H groups in total. The van der Waals surface area contributed by atoms with E-state index in [4.69, 9.17) is 21.1 Å². The van der Waals surface area contributed by atoms with Gasteiger partial charge in [-0.3, -0.25) is 10.2 Å². The van der Waals surface area contributed by atoms with Gasteiger partial charge in [0.1, 0.15) is 13.2 Å². The van der Waals surface area contributed by atoms with E-state index in [0.717, 1.165) is 22.6 Å². The third kappa shape index (κ3) is 3.62. The zero-order valence-corrected chi connectivity index (χ0v) is 14.9. The van der Waals surface area contributed by atoms with Crippen molar-refractivity contribution in [1.82, 2.24) is 16.2 Å². The molecule has 0 spiro atoms. The highest BCUT2D eigenvalue weighted by Gasteiger charge is 2.34. The summed E-state index contributed by atoms with van der Waals surface area (Å²) in [7, 11) is 0. The molecule has 26 heavy (non-hydrogen) atoms. The lowest BCUT2D eigenvalue weighted by molar-refractivity contribution is -0.125. The van der Waals surface area contributed by atoms with Crippen LogP contribution in [0.5, 0.6) is 11.5 Å². The average Bonchev–Trinajstić information content (AvgIpc) is 3.17. The summed E-state index contributed by atoms with van der Waals surface area (Å²) in [5, 5.41) is 3.69. The van der Waals surface area contributed by atoms with Crippen LogP contribution in [0.25, 0.3) is 0 Å². The van der Waals surface area contributed by atoms with Crippen LogP contribution in [0.3, 0.4) is 0 Å². The van der Waals surface area contributed by atoms with Crippen LogP contribution in [0.15, 0.2) is 42.5 Å². The number of hydrogen-bond acceptors (Lipinski definition) is 5. The Balaban J connectivity index is 1.44. The van der Waals surface area contributed by atoms with Crippen molar-refractivity contribution in [1.29, 1.82) is 0 Å². The molecule has 6 nitrogen and oxygen atoms in total. The molecule has 7 heteroatoms. The number of amides is 1. The first kappa shape index (κ1) is 17.1. The van der Waals surface area contributed by atoms with E-state index < -0.39 is 0 Å². The maximum absolute atomic E-state index is 12.7. The van der Waals surface area contributed by atoms with Crippen LogP contribution in [0, 0.1) is 5.92 Å². The first-order valence-corrected chi connectivity index (χ1v) is 8.98. The van der Waals surface area contributed by atoms with Gasteiger partial charge in [-0.2, -0.15) is 0 Å². The first-order chi connectivity index (χ1) is 12.7. The molecule has 1 saturated heterocycles. The zero-order valence-electron chi connectivity index (χ0n) is 14.1. The number of hydrogen-bond donors (Lipinski definition) is 3. The van der Waals surface area contributed by atoms with Gasteiger partial charge in [0.25, 0.3) is 0 Å². The van der Waals surface area contributed by atoms with E-state index in [1.54, 1.807) is 0 Å². The van der Waals surface area contributed by atoms with E-state index >= 15 is 0 Å². The maximum atomic E-state index is 12.7. The van der Waals surface area contributed by atoms with Gasteiger partial charge in [-0.1, -0.05) is 29.8 Å². The van der Waals surface area contributed by atoms with Gasteiger partial charge in [-0.25, -0.2) is 5.43 Å². The van der Waals surface area contributed by atoms with Crippen molar-refractivity contribution in [2.24, 2.45) is 5.92 Å². The molecular formula is C19H20ClN3O3. The first-order valence-electron chi connectivity index (χ1n) is 8.61. The number of halogens is 1. The van der Waals surface area contributed by atoms with Crippen molar-refractivity contribution in [3.05, 3.63) is 58.6 Å². The number of nitrogens with one attached hydrogen (secondary N) is 3. The highest BCUT2D eigenvalue weighted by Crippen LogP contribution is 2.35. The largest absolute Gasteiger partial charge is 0.486 e. The molecule has 2 heterocycles. The van der Waals surface area contributed by atoms with Crippen LogP contribution in [0.2, 0.25) is 5.02 Å². The molecule has 2 aromatic rings. The Kier molecular flexibility index (Phi) is 4.97. The van der Waals surface area contributed by atoms with Crippen LogP contribution in [0.4, 0.5) is 0 Å². The fraction of sp³-hybridized carbons (Fsp3) is 0.316. The Labute approximate surface area is 156 Å². The molecule has 2 aromatic carbocycles. The van der Waals surface area contributed by atoms with Crippen molar-refractivity contribution in [2.75, 3.05) is 19.8 Å². The second-order valence-electron chi connectivity index (χ2n) is 6.36. The van der Waals surface area contributed by atoms with Crippen molar-refractivity contribution in [2.45, 2.75) is 12.6 Å². The third-order valence-electron chi connectivity index (χ3n) is 4.62. The number of carbonyl (C=O) groups excluding carboxylic acids is 1. The normalized spacial score (nSPS) is 21.4. The molecule has 0 saturated carbocycles. The van der Waals surface area contributed by atoms with Crippen LogP contribution in [0.1, 0.15) is 17.2 Å². The summed E-state index contributed by atoms with van der Waals surface area (Å²) in [6, 6.07) is 13.1. The number of hydrazine groups is 1. The van der Waals surface area contributed by atoms with Gasteiger partial charge in [0.2, 0.25) is 5.91 Å². The topological polar surface area (TPSA) is 71.6 Å². The molecule has 2 unspecified atom stereocenters. The highest BCUT2D eigenvalue weighted by atomic mass is 35.5. The number of benzene rings is 2. The van der Waals surface area contributed by atoms with Crippen LogP contribution >= 0.6 is 11.6 Å². The van der Waals surface area contributed by atoms with Crippen LogP contribution < -0.4 is 25.6 Å². The molecular weight excluding hydrogens is 354 g/mol. The predicted octanol–water partition coefficient (Wildman–Crippen LogP) is 2.19. The standard InChI is InChI=1S/C19H20ClN3O3/c20-14-4-1-12(2-5-14)10-21-19(24)15-11-22-23-18(15)13-3-6-16-17(9-13)26-8-7-25-16/h1-6,9,15,18,22-23H,7-8,10-11H2,(H,21,24). The lowest BCUT2D eigenvalue weighted by Gasteiger charge is -2.22. The van der Waals surface area contributed by atoms with Gasteiger partial charge in [0, 0.05) is 18.1 Å². The summed E-state index contributed by atoms with van der Waals surface area (Å²) in [5.74, 6) is 1.25. The molecule has 4 rings (SSSR count). The smallest absolute Gasteiger partial charge is 0.226 e. The average molecular weight is 374 g/mol. The van der Waals surface area contributed by atoms with Crippen LogP contribution in [-0.4, -0.2) is 25.7 Å². The van der Waals surface area contributed by atoms with Gasteiger partial charge in [-0.15, -0.1) is 0 Å². The molecule has 136 valence electrons. The minimum atomic E-state index is -0.218. The monoisotopic (exact) mass is 373 g/mol. The van der Waals surface area contributed by atoms with Crippen molar-refractivity contribution >= 4 is 17.5 Å². The molecule has 1 fully saturated rings. The van der Waals surface area contributed by atoms with Crippen molar-refractivity contribution < 1.29 is 14.3 Å². The quantitative estimate of drug-likeness (QED) is 0.766. The Morgan fingerprint density at radius 1 is 1.12 bits per heavy atom. The van der Waals surface area contributed by atoms with E-state index in [9.17, 15) is 4.79 Å². The molecule has 0 bridgehead atoms. The summed E-state index contributed by atoms with van der Waals surface area (Å²) < 4.78 is 11.2. The number of ether oxygens (including phenoxy) is 2. The Morgan fingerprint density at radius 3 is 2.69 bits per heavy atom. The molecule has 2 aliphatic rings. The molecule has 0 radical (unpaired) electrons. The summed E-state index contributed by atoms with van der Waals surface area (Å²) >= 11 is 5.89. The molecule has 0 aliphatic carbocycles. The minimum absolute atomic E-state index is 0.00246. The Bertz CT molecular complexity index is 797. The summed E-state index contributed by atoms with van der Waals surface area (Å²) in [4.78, 5) is 12.7. The maximum Gasteiger partial charge on any atom is 0.226 e. The lowest BCUT2D eigenvalue weighted by atomic mass is 9.93. The van der Waals surface area contributed by atoms with Gasteiger partial charge in [-0.05, 0) is 35.4 Å². The van der Waals surface area contributed by atoms with Crippen molar-refractivity contribution in [3.8, 4) is 11.5 Å². The van der Waals surface area contributed by atoms with E-state index in [0.29, 0.717) is 31.3 Å². The summed E-state index contributed by atoms with van der Waals surface area (Å²) in [6.45, 7) is 2.13. The van der Waals surface area contributed by atoms with Crippen molar-refractivity contribution in [3.63, 3.8) is 0 Å². The van der Waals surface area contributed by atoms with Gasteiger partial charge in [0.05, 0.1) is 12.0 Å². The van der Waals surface area contributed by atoms with E-state index in [-0.39, 0.29) is 17.9 Å². The number of carbonyl (C=O) groups is 1. The van der Waals surface area contributed by atoms with Gasteiger partial charge < -0.3 is 14.8 Å². The minimum Gasteiger partial charge on any atom is -0.486 e. The van der Waals surface area contributed by atoms with Gasteiger partial charge in [0.15, 0.2) is 11.5 Å². The molecule has 2 atom stereocenters. The molecule has 2 aliphatic heterocycles. The molecule has 1 amide bonds. The second-order valence-corrected chi connectivity index (χ2v) is 6.79. The Hall–Kier alpha value is -2.28. The predicted molar refractivity (Wildman–Crippen MR) is 98.1 cm³/mol. The summed E-state index contributed by atoms with van der Waals surface area (Å²) in [6.07, 6.45) is 0. The Morgan fingerprint density at radius 2 is 1.88 bits per heavy atom. The third-order valence-corrected chi connectivity index (χ3v) is 4.88. The fourth-order valence-corrected chi connectivity index (χ4v) is 3.36. The van der Waals surface area contributed by atoms with Crippen LogP contribution in [-0.2, 0) is 11.3 Å². The number of rotatable bonds is 4. The van der Waals surface area contributed by atoms with Gasteiger partial charge >= 0.3 is 0 Å². The SMILES string of the molecule is O=C(NCc1ccc(Cl)cc1)C1CNNC1c1ccc2c(c1)OCCO2.